The Hall–Kier alpha value is -2.53. The van der Waals surface area contributed by atoms with Crippen molar-refractivity contribution >= 4 is 34.8 Å². The van der Waals surface area contributed by atoms with Crippen LogP contribution in [0.5, 0.6) is 5.75 Å². The van der Waals surface area contributed by atoms with Crippen molar-refractivity contribution in [2.75, 3.05) is 23.4 Å². The molecule has 142 valence electrons. The van der Waals surface area contributed by atoms with Crippen LogP contribution in [-0.2, 0) is 9.59 Å². The topological polar surface area (TPSA) is 58.6 Å². The van der Waals surface area contributed by atoms with Crippen molar-refractivity contribution in [1.29, 1.82) is 0 Å². The summed E-state index contributed by atoms with van der Waals surface area (Å²) in [5.74, 6) is 0.150. The van der Waals surface area contributed by atoms with Crippen LogP contribution in [0.2, 0.25) is 5.02 Å². The molecule has 5 nitrogen and oxygen atoms in total. The second kappa shape index (κ2) is 8.44. The molecule has 0 saturated carbocycles. The van der Waals surface area contributed by atoms with Crippen LogP contribution in [-0.4, -0.2) is 25.0 Å². The molecule has 3 rings (SSSR count). The van der Waals surface area contributed by atoms with E-state index in [1.807, 2.05) is 38.1 Å². The monoisotopic (exact) mass is 386 g/mol. The van der Waals surface area contributed by atoms with E-state index in [-0.39, 0.29) is 18.2 Å². The molecule has 27 heavy (non-hydrogen) atoms. The molecular formula is C21H23ClN2O3. The van der Waals surface area contributed by atoms with Crippen molar-refractivity contribution < 1.29 is 14.3 Å². The van der Waals surface area contributed by atoms with E-state index in [2.05, 4.69) is 5.32 Å². The van der Waals surface area contributed by atoms with E-state index in [0.717, 1.165) is 23.4 Å². The first-order chi connectivity index (χ1) is 13.0. The summed E-state index contributed by atoms with van der Waals surface area (Å²) in [6.07, 6.45) is 1.13. The Kier molecular flexibility index (Phi) is 6.01. The Bertz CT molecular complexity index is 836. The molecule has 1 saturated heterocycles. The number of ether oxygens (including phenoxy) is 1. The molecule has 1 atom stereocenters. The average Bonchev–Trinajstić information content (AvgIpc) is 3.05. The highest BCUT2D eigenvalue weighted by Gasteiger charge is 2.35. The Labute approximate surface area is 164 Å². The second-order valence-electron chi connectivity index (χ2n) is 6.65. The summed E-state index contributed by atoms with van der Waals surface area (Å²) in [4.78, 5) is 26.7. The molecule has 2 aromatic carbocycles. The number of hydrogen-bond acceptors (Lipinski definition) is 3. The van der Waals surface area contributed by atoms with Crippen molar-refractivity contribution in [3.05, 3.63) is 53.1 Å². The highest BCUT2D eigenvalue weighted by Crippen LogP contribution is 2.31. The lowest BCUT2D eigenvalue weighted by Crippen LogP contribution is -2.28. The molecule has 1 heterocycles. The summed E-state index contributed by atoms with van der Waals surface area (Å²) in [7, 11) is 0. The Morgan fingerprint density at radius 1 is 1.26 bits per heavy atom. The van der Waals surface area contributed by atoms with Crippen LogP contribution in [0.4, 0.5) is 11.4 Å². The molecule has 1 aliphatic heterocycles. The molecule has 1 fully saturated rings. The lowest BCUT2D eigenvalue weighted by atomic mass is 10.1. The molecule has 0 radical (unpaired) electrons. The maximum Gasteiger partial charge on any atom is 0.229 e. The third-order valence-electron chi connectivity index (χ3n) is 4.62. The van der Waals surface area contributed by atoms with Crippen LogP contribution in [0.1, 0.15) is 25.3 Å². The van der Waals surface area contributed by atoms with E-state index in [1.165, 1.54) is 0 Å². The molecule has 2 amide bonds. The largest absolute Gasteiger partial charge is 0.494 e. The van der Waals surface area contributed by atoms with Crippen molar-refractivity contribution in [2.45, 2.75) is 26.7 Å². The van der Waals surface area contributed by atoms with E-state index in [0.29, 0.717) is 23.9 Å². The van der Waals surface area contributed by atoms with Gasteiger partial charge in [0.25, 0.3) is 0 Å². The Balaban J connectivity index is 1.64. The number of benzene rings is 2. The molecule has 0 aromatic heterocycles. The molecule has 6 heteroatoms. The van der Waals surface area contributed by atoms with Crippen molar-refractivity contribution in [1.82, 2.24) is 0 Å². The molecule has 1 aliphatic rings. The van der Waals surface area contributed by atoms with Crippen molar-refractivity contribution in [2.24, 2.45) is 5.92 Å². The standard InChI is InChI=1S/C21H23ClN2O3/c1-3-11-27-17-9-7-16(8-10-17)23-21(26)15-12-20(25)24(13-15)19-6-4-5-18(22)14(19)2/h4-10,15H,3,11-13H2,1-2H3,(H,23,26)/t15-/m0/s1. The number of amides is 2. The number of nitrogens with zero attached hydrogens (tertiary/aromatic N) is 1. The Morgan fingerprint density at radius 2 is 2.00 bits per heavy atom. The zero-order valence-electron chi connectivity index (χ0n) is 15.5. The van der Waals surface area contributed by atoms with Crippen LogP contribution < -0.4 is 15.0 Å². The molecule has 2 aromatic rings. The fourth-order valence-electron chi connectivity index (χ4n) is 3.10. The zero-order valence-corrected chi connectivity index (χ0v) is 16.3. The summed E-state index contributed by atoms with van der Waals surface area (Å²) in [5.41, 5.74) is 2.30. The van der Waals surface area contributed by atoms with Crippen LogP contribution in [0.3, 0.4) is 0 Å². The highest BCUT2D eigenvalue weighted by molar-refractivity contribution is 6.31. The average molecular weight is 387 g/mol. The number of nitrogens with one attached hydrogen (secondary N) is 1. The highest BCUT2D eigenvalue weighted by atomic mass is 35.5. The van der Waals surface area contributed by atoms with E-state index in [4.69, 9.17) is 16.3 Å². The van der Waals surface area contributed by atoms with Crippen LogP contribution >= 0.6 is 11.6 Å². The first-order valence-corrected chi connectivity index (χ1v) is 9.46. The van der Waals surface area contributed by atoms with Gasteiger partial charge in [0.1, 0.15) is 5.75 Å². The van der Waals surface area contributed by atoms with Crippen LogP contribution in [0, 0.1) is 12.8 Å². The smallest absolute Gasteiger partial charge is 0.229 e. The van der Waals surface area contributed by atoms with Gasteiger partial charge in [-0.15, -0.1) is 0 Å². The minimum Gasteiger partial charge on any atom is -0.494 e. The maximum absolute atomic E-state index is 12.6. The summed E-state index contributed by atoms with van der Waals surface area (Å²) >= 11 is 6.16. The maximum atomic E-state index is 12.6. The molecule has 0 bridgehead atoms. The predicted molar refractivity (Wildman–Crippen MR) is 108 cm³/mol. The molecular weight excluding hydrogens is 364 g/mol. The van der Waals surface area contributed by atoms with E-state index in [1.54, 1.807) is 23.1 Å². The van der Waals surface area contributed by atoms with Gasteiger partial charge in [0.05, 0.1) is 12.5 Å². The van der Waals surface area contributed by atoms with Gasteiger partial charge in [-0.05, 0) is 55.3 Å². The number of anilines is 2. The van der Waals surface area contributed by atoms with Crippen LogP contribution in [0.15, 0.2) is 42.5 Å². The van der Waals surface area contributed by atoms with Crippen molar-refractivity contribution in [3.63, 3.8) is 0 Å². The first kappa shape index (κ1) is 19.2. The van der Waals surface area contributed by atoms with Gasteiger partial charge in [0, 0.05) is 29.4 Å². The molecule has 0 spiro atoms. The molecule has 0 unspecified atom stereocenters. The fourth-order valence-corrected chi connectivity index (χ4v) is 3.27. The molecule has 1 N–H and O–H groups in total. The lowest BCUT2D eigenvalue weighted by Gasteiger charge is -2.19. The van der Waals surface area contributed by atoms with Crippen LogP contribution in [0.25, 0.3) is 0 Å². The second-order valence-corrected chi connectivity index (χ2v) is 7.06. The van der Waals surface area contributed by atoms with Gasteiger partial charge in [-0.3, -0.25) is 9.59 Å². The van der Waals surface area contributed by atoms with Gasteiger partial charge in [-0.25, -0.2) is 0 Å². The predicted octanol–water partition coefficient (Wildman–Crippen LogP) is 4.43. The van der Waals surface area contributed by atoms with Gasteiger partial charge >= 0.3 is 0 Å². The molecule has 0 aliphatic carbocycles. The summed E-state index contributed by atoms with van der Waals surface area (Å²) < 4.78 is 5.54. The quantitative estimate of drug-likeness (QED) is 0.799. The summed E-state index contributed by atoms with van der Waals surface area (Å²) in [6.45, 7) is 4.93. The van der Waals surface area contributed by atoms with Gasteiger partial charge in [0.2, 0.25) is 11.8 Å². The third-order valence-corrected chi connectivity index (χ3v) is 5.03. The van der Waals surface area contributed by atoms with Crippen molar-refractivity contribution in [3.8, 4) is 5.75 Å². The normalized spacial score (nSPS) is 16.5. The minimum absolute atomic E-state index is 0.0659. The van der Waals surface area contributed by atoms with Gasteiger partial charge in [-0.1, -0.05) is 24.6 Å². The number of rotatable bonds is 6. The summed E-state index contributed by atoms with van der Waals surface area (Å²) in [5, 5.41) is 3.50. The SMILES string of the molecule is CCCOc1ccc(NC(=O)[C@H]2CC(=O)N(c3cccc(Cl)c3C)C2)cc1. The van der Waals surface area contributed by atoms with E-state index >= 15 is 0 Å². The Morgan fingerprint density at radius 3 is 2.70 bits per heavy atom. The number of carbonyl (C=O) groups is 2. The first-order valence-electron chi connectivity index (χ1n) is 9.08. The fraction of sp³-hybridized carbons (Fsp3) is 0.333. The number of carbonyl (C=O) groups excluding carboxylic acids is 2. The minimum atomic E-state index is -0.396. The zero-order chi connectivity index (χ0) is 19.4. The van der Waals surface area contributed by atoms with Gasteiger partial charge in [0.15, 0.2) is 0 Å². The third kappa shape index (κ3) is 4.42. The summed E-state index contributed by atoms with van der Waals surface area (Å²) in [6, 6.07) is 12.7. The van der Waals surface area contributed by atoms with Gasteiger partial charge in [-0.2, -0.15) is 0 Å². The van der Waals surface area contributed by atoms with E-state index < -0.39 is 5.92 Å². The number of hydrogen-bond donors (Lipinski definition) is 1. The lowest BCUT2D eigenvalue weighted by molar-refractivity contribution is -0.122. The van der Waals surface area contributed by atoms with Gasteiger partial charge < -0.3 is 15.0 Å². The number of halogens is 1. The van der Waals surface area contributed by atoms with E-state index in [9.17, 15) is 9.59 Å².